The van der Waals surface area contributed by atoms with Crippen molar-refractivity contribution in [1.29, 1.82) is 0 Å². The fraction of sp³-hybridized carbons (Fsp3) is 0.571. The molecule has 2 N–H and O–H groups in total. The first-order valence-corrected chi connectivity index (χ1v) is 6.01. The van der Waals surface area contributed by atoms with Gasteiger partial charge in [0.25, 0.3) is 0 Å². The van der Waals surface area contributed by atoms with Crippen molar-refractivity contribution in [3.8, 4) is 5.75 Å². The Bertz CT molecular complexity index is 230. The number of phenols is 1. The number of aliphatic hydroxyl groups is 1. The Balaban J connectivity index is -0.000000355. The first kappa shape index (κ1) is 22.3. The molecule has 0 heterocycles. The van der Waals surface area contributed by atoms with Crippen LogP contribution in [0.15, 0.2) is 24.3 Å². The molecule has 0 unspecified atom stereocenters. The summed E-state index contributed by atoms with van der Waals surface area (Å²) in [4.78, 5) is 0. The molecule has 17 heavy (non-hydrogen) atoms. The van der Waals surface area contributed by atoms with Crippen LogP contribution in [-0.2, 0) is 32.7 Å². The van der Waals surface area contributed by atoms with Crippen molar-refractivity contribution in [3.05, 3.63) is 29.8 Å². The fourth-order valence-corrected chi connectivity index (χ4v) is 1.51. The van der Waals surface area contributed by atoms with E-state index in [9.17, 15) is 0 Å². The second-order valence-electron chi connectivity index (χ2n) is 3.10. The van der Waals surface area contributed by atoms with Crippen LogP contribution in [0.5, 0.6) is 5.75 Å². The summed E-state index contributed by atoms with van der Waals surface area (Å²) in [5.74, 6) is 0.996. The van der Waals surface area contributed by atoms with E-state index in [2.05, 4.69) is 13.8 Å². The molecular formula is C14H26O2Y. The van der Waals surface area contributed by atoms with Gasteiger partial charge in [0.1, 0.15) is 5.75 Å². The van der Waals surface area contributed by atoms with Crippen molar-refractivity contribution in [2.45, 2.75) is 46.5 Å². The van der Waals surface area contributed by atoms with E-state index in [4.69, 9.17) is 10.2 Å². The largest absolute Gasteiger partial charge is 0.508 e. The molecule has 0 aliphatic carbocycles. The molecule has 0 aliphatic rings. The summed E-state index contributed by atoms with van der Waals surface area (Å²) in [6.07, 6.45) is 2.34. The number of hydrogen-bond donors (Lipinski definition) is 2. The smallest absolute Gasteiger partial charge is 0.115 e. The van der Waals surface area contributed by atoms with Crippen molar-refractivity contribution in [2.24, 2.45) is 0 Å². The number of phenolic OH excluding ortho intramolecular Hbond substituents is 1. The summed E-state index contributed by atoms with van der Waals surface area (Å²) in [5, 5.41) is 16.1. The molecule has 0 aliphatic heterocycles. The van der Waals surface area contributed by atoms with Crippen molar-refractivity contribution < 1.29 is 42.9 Å². The maximum Gasteiger partial charge on any atom is 0.115 e. The minimum atomic E-state index is 0. The standard InChI is InChI=1S/C11H16O.C2H6.CH4O.Y/c1-3-9(4-2)10-5-7-11(12)8-6-10;2*1-2;/h5-9,12H,3-4H2,1-2H3;1-2H3;2H,1H3;. The molecule has 0 fully saturated rings. The SMILES string of the molecule is CC.CCC(CC)c1ccc(O)cc1.CO.[Y]. The zero-order chi connectivity index (χ0) is 13.0. The molecule has 0 saturated carbocycles. The van der Waals surface area contributed by atoms with Gasteiger partial charge in [0, 0.05) is 39.8 Å². The topological polar surface area (TPSA) is 40.5 Å². The molecule has 0 aromatic heterocycles. The molecule has 1 rings (SSSR count). The van der Waals surface area contributed by atoms with Crippen molar-refractivity contribution in [2.75, 3.05) is 7.11 Å². The van der Waals surface area contributed by atoms with Crippen LogP contribution < -0.4 is 0 Å². The van der Waals surface area contributed by atoms with Crippen LogP contribution in [0.3, 0.4) is 0 Å². The van der Waals surface area contributed by atoms with Gasteiger partial charge >= 0.3 is 0 Å². The summed E-state index contributed by atoms with van der Waals surface area (Å²) in [6, 6.07) is 7.53. The Morgan fingerprint density at radius 3 is 1.59 bits per heavy atom. The van der Waals surface area contributed by atoms with Crippen molar-refractivity contribution in [3.63, 3.8) is 0 Å². The molecule has 97 valence electrons. The predicted molar refractivity (Wildman–Crippen MR) is 70.9 cm³/mol. The summed E-state index contributed by atoms with van der Waals surface area (Å²) in [6.45, 7) is 8.39. The Hall–Kier alpha value is 0.0839. The number of aliphatic hydroxyl groups excluding tert-OH is 1. The Labute approximate surface area is 131 Å². The van der Waals surface area contributed by atoms with Gasteiger partial charge in [-0.05, 0) is 36.5 Å². The summed E-state index contributed by atoms with van der Waals surface area (Å²) < 4.78 is 0. The molecule has 0 spiro atoms. The minimum Gasteiger partial charge on any atom is -0.508 e. The molecule has 0 atom stereocenters. The van der Waals surface area contributed by atoms with Gasteiger partial charge in [-0.2, -0.15) is 0 Å². The second-order valence-corrected chi connectivity index (χ2v) is 3.10. The van der Waals surface area contributed by atoms with Crippen LogP contribution >= 0.6 is 0 Å². The Morgan fingerprint density at radius 1 is 0.941 bits per heavy atom. The van der Waals surface area contributed by atoms with Gasteiger partial charge in [0.15, 0.2) is 0 Å². The van der Waals surface area contributed by atoms with Gasteiger partial charge in [0.05, 0.1) is 0 Å². The van der Waals surface area contributed by atoms with Crippen LogP contribution in [-0.4, -0.2) is 17.3 Å². The average molecular weight is 315 g/mol. The molecule has 1 aromatic carbocycles. The van der Waals surface area contributed by atoms with Crippen LogP contribution in [0.25, 0.3) is 0 Å². The summed E-state index contributed by atoms with van der Waals surface area (Å²) in [5.41, 5.74) is 1.33. The van der Waals surface area contributed by atoms with E-state index >= 15 is 0 Å². The Morgan fingerprint density at radius 2 is 1.29 bits per heavy atom. The quantitative estimate of drug-likeness (QED) is 0.887. The third-order valence-electron chi connectivity index (χ3n) is 2.35. The monoisotopic (exact) mass is 315 g/mol. The average Bonchev–Trinajstić information content (AvgIpc) is 2.38. The van der Waals surface area contributed by atoms with E-state index < -0.39 is 0 Å². The first-order valence-electron chi connectivity index (χ1n) is 6.01. The molecular weight excluding hydrogens is 289 g/mol. The van der Waals surface area contributed by atoms with E-state index in [1.165, 1.54) is 18.4 Å². The van der Waals surface area contributed by atoms with Gasteiger partial charge in [-0.3, -0.25) is 0 Å². The zero-order valence-electron chi connectivity index (χ0n) is 11.8. The van der Waals surface area contributed by atoms with Gasteiger partial charge in [-0.1, -0.05) is 39.8 Å². The second kappa shape index (κ2) is 16.1. The maximum absolute atomic E-state index is 9.08. The molecule has 0 amide bonds. The van der Waals surface area contributed by atoms with E-state index in [0.717, 1.165) is 7.11 Å². The van der Waals surface area contributed by atoms with Gasteiger partial charge in [-0.25, -0.2) is 0 Å². The molecule has 1 aromatic rings. The van der Waals surface area contributed by atoms with Crippen LogP contribution in [0.1, 0.15) is 52.0 Å². The van der Waals surface area contributed by atoms with E-state index in [-0.39, 0.29) is 32.7 Å². The molecule has 0 bridgehead atoms. The maximum atomic E-state index is 9.08. The van der Waals surface area contributed by atoms with Gasteiger partial charge < -0.3 is 10.2 Å². The van der Waals surface area contributed by atoms with E-state index in [1.807, 2.05) is 26.0 Å². The molecule has 1 radical (unpaired) electrons. The number of hydrogen-bond acceptors (Lipinski definition) is 2. The van der Waals surface area contributed by atoms with Crippen molar-refractivity contribution >= 4 is 0 Å². The first-order chi connectivity index (χ1) is 7.77. The summed E-state index contributed by atoms with van der Waals surface area (Å²) in [7, 11) is 1.00. The molecule has 2 nitrogen and oxygen atoms in total. The number of benzene rings is 1. The van der Waals surface area contributed by atoms with E-state index in [0.29, 0.717) is 11.7 Å². The van der Waals surface area contributed by atoms with Crippen molar-refractivity contribution in [1.82, 2.24) is 0 Å². The van der Waals surface area contributed by atoms with Crippen LogP contribution in [0, 0.1) is 0 Å². The van der Waals surface area contributed by atoms with Gasteiger partial charge in [-0.15, -0.1) is 0 Å². The molecule has 3 heteroatoms. The zero-order valence-corrected chi connectivity index (χ0v) is 14.6. The summed E-state index contributed by atoms with van der Waals surface area (Å²) >= 11 is 0. The number of aromatic hydroxyl groups is 1. The predicted octanol–water partition coefficient (Wildman–Crippen LogP) is 3.93. The van der Waals surface area contributed by atoms with Crippen LogP contribution in [0.2, 0.25) is 0 Å². The van der Waals surface area contributed by atoms with Gasteiger partial charge in [0.2, 0.25) is 0 Å². The third kappa shape index (κ3) is 9.76. The normalized spacial score (nSPS) is 8.18. The molecule has 0 saturated heterocycles. The van der Waals surface area contributed by atoms with E-state index in [1.54, 1.807) is 12.1 Å². The number of rotatable bonds is 3. The minimum absolute atomic E-state index is 0. The third-order valence-corrected chi connectivity index (χ3v) is 2.35. The van der Waals surface area contributed by atoms with Crippen LogP contribution in [0.4, 0.5) is 0 Å². The fourth-order valence-electron chi connectivity index (χ4n) is 1.51. The Kier molecular flexibility index (Phi) is 21.1.